The third-order valence-corrected chi connectivity index (χ3v) is 4.65. The number of likely N-dealkylation sites (N-methyl/N-ethyl adjacent to an activating group) is 1. The summed E-state index contributed by atoms with van der Waals surface area (Å²) < 4.78 is 0. The molecule has 0 aromatic heterocycles. The Labute approximate surface area is 119 Å². The first-order chi connectivity index (χ1) is 7.61. The fourth-order valence-corrected chi connectivity index (χ4v) is 3.68. The number of rotatable bonds is 0. The second kappa shape index (κ2) is 5.19. The highest BCUT2D eigenvalue weighted by atomic mass is 79.9. The minimum Gasteiger partial charge on any atom is -0.508 e. The summed E-state index contributed by atoms with van der Waals surface area (Å²) in [5.41, 5.74) is 3.07. The molecule has 0 unspecified atom stereocenters. The van der Waals surface area contributed by atoms with E-state index in [0.29, 0.717) is 11.8 Å². The lowest BCUT2D eigenvalue weighted by atomic mass is 9.68. The fraction of sp³-hybridized carbons (Fsp3) is 0.571. The van der Waals surface area contributed by atoms with Crippen LogP contribution in [-0.2, 0) is 11.8 Å². The molecule has 1 saturated heterocycles. The quantitative estimate of drug-likeness (QED) is 0.796. The first-order valence-corrected chi connectivity index (χ1v) is 6.14. The molecule has 0 saturated carbocycles. The molecular formula is C14H22BrNO2. The zero-order chi connectivity index (χ0) is 11.3. The van der Waals surface area contributed by atoms with Crippen molar-refractivity contribution < 1.29 is 10.6 Å². The molecule has 1 fully saturated rings. The van der Waals surface area contributed by atoms with Gasteiger partial charge >= 0.3 is 0 Å². The standard InChI is InChI=1S/C14H19NO.BrH.H2O/c1-14-7-8-15(2)13(14)6-4-10-3-5-11(16)9-12(10)14;;/h3,5,9,13,16H,4,6-8H2,1-2H3;1H;1H2/t13-,14+;;/m1../s1. The predicted octanol–water partition coefficient (Wildman–Crippen LogP) is 2.05. The van der Waals surface area contributed by atoms with Crippen molar-refractivity contribution in [2.24, 2.45) is 0 Å². The lowest BCUT2D eigenvalue weighted by Gasteiger charge is -2.40. The van der Waals surface area contributed by atoms with Crippen molar-refractivity contribution >= 4 is 17.0 Å². The Morgan fingerprint density at radius 3 is 2.83 bits per heavy atom. The highest BCUT2D eigenvalue weighted by molar-refractivity contribution is 8.93. The maximum atomic E-state index is 9.67. The molecule has 0 spiro atoms. The molecule has 0 bridgehead atoms. The van der Waals surface area contributed by atoms with E-state index in [9.17, 15) is 5.11 Å². The molecule has 4 heteroatoms. The van der Waals surface area contributed by atoms with Crippen molar-refractivity contribution in [1.82, 2.24) is 4.90 Å². The summed E-state index contributed by atoms with van der Waals surface area (Å²) in [6, 6.07) is 6.56. The number of hydrogen-bond acceptors (Lipinski definition) is 2. The summed E-state index contributed by atoms with van der Waals surface area (Å²) in [5.74, 6) is 0.412. The summed E-state index contributed by atoms with van der Waals surface area (Å²) in [6.07, 6.45) is 3.62. The molecule has 1 aromatic carbocycles. The maximum Gasteiger partial charge on any atom is 0.115 e. The Balaban J connectivity index is 0.000000810. The Morgan fingerprint density at radius 1 is 1.39 bits per heavy atom. The van der Waals surface area contributed by atoms with E-state index in [2.05, 4.69) is 24.9 Å². The van der Waals surface area contributed by atoms with Crippen LogP contribution < -0.4 is 0 Å². The fourth-order valence-electron chi connectivity index (χ4n) is 3.68. The Bertz CT molecular complexity index is 438. The number of hydrogen-bond donors (Lipinski definition) is 1. The van der Waals surface area contributed by atoms with Gasteiger partial charge in [-0.2, -0.15) is 0 Å². The Hall–Kier alpha value is -0.580. The van der Waals surface area contributed by atoms with Crippen LogP contribution in [0, 0.1) is 0 Å². The second-order valence-electron chi connectivity index (χ2n) is 5.54. The third-order valence-electron chi connectivity index (χ3n) is 4.65. The highest BCUT2D eigenvalue weighted by Crippen LogP contribution is 2.46. The van der Waals surface area contributed by atoms with Gasteiger partial charge in [0, 0.05) is 11.5 Å². The molecule has 3 rings (SSSR count). The van der Waals surface area contributed by atoms with Crippen LogP contribution >= 0.6 is 17.0 Å². The SMILES string of the molecule is Br.CN1CC[C@@]2(C)c3cc(O)ccc3CC[C@@H]12.O. The summed E-state index contributed by atoms with van der Waals surface area (Å²) in [6.45, 7) is 3.54. The van der Waals surface area contributed by atoms with E-state index < -0.39 is 0 Å². The van der Waals surface area contributed by atoms with Crippen molar-refractivity contribution in [3.63, 3.8) is 0 Å². The molecule has 1 aromatic rings. The lowest BCUT2D eigenvalue weighted by Crippen LogP contribution is -2.42. The first kappa shape index (κ1) is 15.5. The summed E-state index contributed by atoms with van der Waals surface area (Å²) in [7, 11) is 2.23. The molecule has 18 heavy (non-hydrogen) atoms. The lowest BCUT2D eigenvalue weighted by molar-refractivity contribution is 0.228. The van der Waals surface area contributed by atoms with E-state index in [4.69, 9.17) is 0 Å². The smallest absolute Gasteiger partial charge is 0.115 e. The molecule has 2 aliphatic rings. The minimum absolute atomic E-state index is 0. The molecule has 0 radical (unpaired) electrons. The topological polar surface area (TPSA) is 55.0 Å². The zero-order valence-corrected chi connectivity index (χ0v) is 12.7. The highest BCUT2D eigenvalue weighted by Gasteiger charge is 2.46. The molecular weight excluding hydrogens is 294 g/mol. The zero-order valence-electron chi connectivity index (χ0n) is 10.9. The van der Waals surface area contributed by atoms with Gasteiger partial charge in [-0.25, -0.2) is 0 Å². The molecule has 1 aliphatic carbocycles. The molecule has 1 heterocycles. The third kappa shape index (κ3) is 2.06. The van der Waals surface area contributed by atoms with Gasteiger partial charge in [0.15, 0.2) is 0 Å². The van der Waals surface area contributed by atoms with E-state index in [1.807, 2.05) is 12.1 Å². The van der Waals surface area contributed by atoms with Crippen molar-refractivity contribution in [1.29, 1.82) is 0 Å². The Kier molecular flexibility index (Phi) is 4.47. The van der Waals surface area contributed by atoms with Gasteiger partial charge in [0.25, 0.3) is 0 Å². The van der Waals surface area contributed by atoms with Crippen LogP contribution in [0.5, 0.6) is 5.75 Å². The van der Waals surface area contributed by atoms with E-state index in [1.54, 1.807) is 0 Å². The van der Waals surface area contributed by atoms with Gasteiger partial charge in [-0.15, -0.1) is 17.0 Å². The predicted molar refractivity (Wildman–Crippen MR) is 78.8 cm³/mol. The molecule has 0 amide bonds. The van der Waals surface area contributed by atoms with Crippen LogP contribution in [-0.4, -0.2) is 35.1 Å². The monoisotopic (exact) mass is 315 g/mol. The number of phenolic OH excluding ortho intramolecular Hbond substituents is 1. The number of nitrogens with zero attached hydrogens (tertiary/aromatic N) is 1. The summed E-state index contributed by atoms with van der Waals surface area (Å²) >= 11 is 0. The van der Waals surface area contributed by atoms with Crippen molar-refractivity contribution in [3.05, 3.63) is 29.3 Å². The van der Waals surface area contributed by atoms with Gasteiger partial charge in [0.05, 0.1) is 0 Å². The van der Waals surface area contributed by atoms with Gasteiger partial charge in [-0.3, -0.25) is 0 Å². The first-order valence-electron chi connectivity index (χ1n) is 6.14. The average Bonchev–Trinajstić information content (AvgIpc) is 2.56. The van der Waals surface area contributed by atoms with Crippen molar-refractivity contribution in [3.8, 4) is 5.75 Å². The van der Waals surface area contributed by atoms with Gasteiger partial charge in [-0.1, -0.05) is 13.0 Å². The minimum atomic E-state index is 0. The number of likely N-dealkylation sites (tertiary alicyclic amines) is 1. The molecule has 3 N–H and O–H groups in total. The van der Waals surface area contributed by atoms with E-state index in [0.717, 1.165) is 6.42 Å². The molecule has 3 nitrogen and oxygen atoms in total. The summed E-state index contributed by atoms with van der Waals surface area (Å²) in [5, 5.41) is 9.67. The van der Waals surface area contributed by atoms with Gasteiger partial charge in [-0.05, 0) is 56.1 Å². The number of aryl methyl sites for hydroxylation is 1. The molecule has 2 atom stereocenters. The van der Waals surface area contributed by atoms with Crippen LogP contribution in [0.25, 0.3) is 0 Å². The van der Waals surface area contributed by atoms with Crippen molar-refractivity contribution in [2.75, 3.05) is 13.6 Å². The number of benzene rings is 1. The summed E-state index contributed by atoms with van der Waals surface area (Å²) in [4.78, 5) is 2.48. The van der Waals surface area contributed by atoms with E-state index >= 15 is 0 Å². The normalized spacial score (nSPS) is 29.8. The van der Waals surface area contributed by atoms with Gasteiger partial charge in [0.2, 0.25) is 0 Å². The van der Waals surface area contributed by atoms with E-state index in [1.165, 1.54) is 30.5 Å². The van der Waals surface area contributed by atoms with Crippen molar-refractivity contribution in [2.45, 2.75) is 37.6 Å². The van der Waals surface area contributed by atoms with Crippen LogP contribution in [0.4, 0.5) is 0 Å². The number of fused-ring (bicyclic) bond motifs is 3. The van der Waals surface area contributed by atoms with E-state index in [-0.39, 0.29) is 27.9 Å². The Morgan fingerprint density at radius 2 is 2.11 bits per heavy atom. The van der Waals surface area contributed by atoms with Gasteiger partial charge < -0.3 is 15.5 Å². The average molecular weight is 316 g/mol. The van der Waals surface area contributed by atoms with Crippen LogP contribution in [0.1, 0.15) is 30.9 Å². The van der Waals surface area contributed by atoms with Gasteiger partial charge in [0.1, 0.15) is 5.75 Å². The maximum absolute atomic E-state index is 9.67. The van der Waals surface area contributed by atoms with Crippen LogP contribution in [0.3, 0.4) is 0 Å². The largest absolute Gasteiger partial charge is 0.508 e. The molecule has 1 aliphatic heterocycles. The number of phenols is 1. The second-order valence-corrected chi connectivity index (χ2v) is 5.54. The van der Waals surface area contributed by atoms with Crippen LogP contribution in [0.2, 0.25) is 0 Å². The number of halogens is 1. The number of aromatic hydroxyl groups is 1. The molecule has 102 valence electrons. The van der Waals surface area contributed by atoms with Crippen LogP contribution in [0.15, 0.2) is 18.2 Å².